The summed E-state index contributed by atoms with van der Waals surface area (Å²) in [5.74, 6) is 0. The second-order valence-corrected chi connectivity index (χ2v) is 6.17. The van der Waals surface area contributed by atoms with Crippen LogP contribution in [0.2, 0.25) is 10.0 Å². The lowest BCUT2D eigenvalue weighted by atomic mass is 10.2. The predicted octanol–water partition coefficient (Wildman–Crippen LogP) is 4.08. The number of nitro groups is 1. The molecule has 0 amide bonds. The zero-order chi connectivity index (χ0) is 17.7. The number of halogens is 2. The fraction of sp³-hybridized carbons (Fsp3) is 0. The molecule has 0 fully saturated rings. The minimum absolute atomic E-state index is 0.131. The van der Waals surface area contributed by atoms with Gasteiger partial charge >= 0.3 is 0 Å². The van der Waals surface area contributed by atoms with E-state index in [1.807, 2.05) is 0 Å². The Kier molecular flexibility index (Phi) is 3.48. The molecule has 0 saturated heterocycles. The maximum atomic E-state index is 12.7. The smallest absolute Gasteiger partial charge is 0.289 e. The van der Waals surface area contributed by atoms with Crippen molar-refractivity contribution in [2.75, 3.05) is 0 Å². The minimum atomic E-state index is -0.545. The molecule has 4 aromatic rings. The molecule has 0 aliphatic rings. The van der Waals surface area contributed by atoms with Crippen LogP contribution >= 0.6 is 23.2 Å². The number of nitro benzene ring substituents is 1. The molecule has 4 rings (SSSR count). The lowest BCUT2D eigenvalue weighted by molar-refractivity contribution is -0.384. The van der Waals surface area contributed by atoms with Crippen LogP contribution in [0.25, 0.3) is 27.5 Å². The van der Waals surface area contributed by atoms with E-state index in [1.165, 1.54) is 24.4 Å². The Hall–Kier alpha value is -2.90. The van der Waals surface area contributed by atoms with Crippen molar-refractivity contribution >= 4 is 50.7 Å². The van der Waals surface area contributed by atoms with E-state index in [4.69, 9.17) is 23.2 Å². The van der Waals surface area contributed by atoms with Gasteiger partial charge in [-0.25, -0.2) is 4.68 Å². The fourth-order valence-electron chi connectivity index (χ4n) is 2.78. The molecule has 0 aliphatic heterocycles. The van der Waals surface area contributed by atoms with Gasteiger partial charge < -0.3 is 0 Å². The number of pyridine rings is 1. The second-order valence-electron chi connectivity index (χ2n) is 5.33. The maximum absolute atomic E-state index is 12.7. The Balaban J connectivity index is 2.12. The van der Waals surface area contributed by atoms with E-state index in [-0.39, 0.29) is 16.8 Å². The van der Waals surface area contributed by atoms with Gasteiger partial charge in [0.25, 0.3) is 11.2 Å². The van der Waals surface area contributed by atoms with Crippen LogP contribution in [0.1, 0.15) is 0 Å². The van der Waals surface area contributed by atoms with Crippen molar-refractivity contribution < 1.29 is 4.92 Å². The number of nitrogens with one attached hydrogen (secondary N) is 1. The molecule has 2 heterocycles. The van der Waals surface area contributed by atoms with Gasteiger partial charge in [0.15, 0.2) is 0 Å². The van der Waals surface area contributed by atoms with Crippen LogP contribution in [-0.4, -0.2) is 19.7 Å². The van der Waals surface area contributed by atoms with Crippen LogP contribution in [0.5, 0.6) is 0 Å². The molecule has 0 atom stereocenters. The highest BCUT2D eigenvalue weighted by atomic mass is 35.5. The van der Waals surface area contributed by atoms with Crippen molar-refractivity contribution in [3.63, 3.8) is 0 Å². The molecule has 0 radical (unpaired) electrons. The van der Waals surface area contributed by atoms with Gasteiger partial charge in [-0.15, -0.1) is 0 Å². The number of hydrogen-bond donors (Lipinski definition) is 1. The van der Waals surface area contributed by atoms with Crippen LogP contribution in [0, 0.1) is 10.1 Å². The maximum Gasteiger partial charge on any atom is 0.294 e. The van der Waals surface area contributed by atoms with Crippen molar-refractivity contribution in [2.24, 2.45) is 0 Å². The van der Waals surface area contributed by atoms with Gasteiger partial charge in [0, 0.05) is 22.7 Å². The van der Waals surface area contributed by atoms with E-state index >= 15 is 0 Å². The molecule has 2 aromatic carbocycles. The molecule has 0 spiro atoms. The zero-order valence-corrected chi connectivity index (χ0v) is 13.9. The second kappa shape index (κ2) is 5.58. The summed E-state index contributed by atoms with van der Waals surface area (Å²) in [4.78, 5) is 27.7. The van der Waals surface area contributed by atoms with E-state index in [1.54, 1.807) is 18.2 Å². The first-order chi connectivity index (χ1) is 12.0. The SMILES string of the molecule is O=c1c2cnc3cc(Cl)cc(Cl)c3c2[nH]n1-c1ccccc1[N+](=O)[O-]. The third-order valence-corrected chi connectivity index (χ3v) is 4.38. The largest absolute Gasteiger partial charge is 0.294 e. The van der Waals surface area contributed by atoms with Crippen molar-refractivity contribution in [3.8, 4) is 5.69 Å². The van der Waals surface area contributed by atoms with Gasteiger partial charge in [-0.3, -0.25) is 25.0 Å². The lowest BCUT2D eigenvalue weighted by Crippen LogP contribution is -2.15. The molecule has 7 nitrogen and oxygen atoms in total. The summed E-state index contributed by atoms with van der Waals surface area (Å²) in [6, 6.07) is 9.14. The number of aromatic amines is 1. The molecule has 0 saturated carbocycles. The summed E-state index contributed by atoms with van der Waals surface area (Å²) >= 11 is 12.3. The van der Waals surface area contributed by atoms with Gasteiger partial charge in [-0.05, 0) is 18.2 Å². The first-order valence-corrected chi connectivity index (χ1v) is 7.85. The van der Waals surface area contributed by atoms with Crippen molar-refractivity contribution in [2.45, 2.75) is 0 Å². The molecule has 9 heteroatoms. The summed E-state index contributed by atoms with van der Waals surface area (Å²) < 4.78 is 1.12. The molecule has 124 valence electrons. The fourth-order valence-corrected chi connectivity index (χ4v) is 3.36. The van der Waals surface area contributed by atoms with Crippen LogP contribution < -0.4 is 5.56 Å². The van der Waals surface area contributed by atoms with Gasteiger partial charge in [0.1, 0.15) is 5.69 Å². The first kappa shape index (κ1) is 15.6. The highest BCUT2D eigenvalue weighted by Crippen LogP contribution is 2.31. The number of aromatic nitrogens is 3. The van der Waals surface area contributed by atoms with Crippen molar-refractivity contribution in [1.29, 1.82) is 0 Å². The monoisotopic (exact) mass is 374 g/mol. The number of nitrogens with zero attached hydrogens (tertiary/aromatic N) is 3. The topological polar surface area (TPSA) is 93.8 Å². The van der Waals surface area contributed by atoms with Gasteiger partial charge in [0.05, 0.1) is 26.4 Å². The van der Waals surface area contributed by atoms with E-state index < -0.39 is 10.5 Å². The van der Waals surface area contributed by atoms with E-state index in [9.17, 15) is 14.9 Å². The van der Waals surface area contributed by atoms with Gasteiger partial charge in [0.2, 0.25) is 0 Å². The van der Waals surface area contributed by atoms with Gasteiger partial charge in [-0.2, -0.15) is 0 Å². The summed E-state index contributed by atoms with van der Waals surface area (Å²) in [5.41, 5.74) is 0.440. The Morgan fingerprint density at radius 1 is 1.20 bits per heavy atom. The quantitative estimate of drug-likeness (QED) is 0.422. The number of benzene rings is 2. The number of H-pyrrole nitrogens is 1. The normalized spacial score (nSPS) is 11.3. The van der Waals surface area contributed by atoms with Crippen LogP contribution in [0.4, 0.5) is 5.69 Å². The zero-order valence-electron chi connectivity index (χ0n) is 12.4. The average Bonchev–Trinajstić information content (AvgIpc) is 2.91. The molecule has 2 aromatic heterocycles. The minimum Gasteiger partial charge on any atom is -0.289 e. The van der Waals surface area contributed by atoms with E-state index in [0.717, 1.165) is 4.68 Å². The third-order valence-electron chi connectivity index (χ3n) is 3.86. The van der Waals surface area contributed by atoms with Crippen LogP contribution in [0.15, 0.2) is 47.4 Å². The first-order valence-electron chi connectivity index (χ1n) is 7.09. The molecule has 0 aliphatic carbocycles. The van der Waals surface area contributed by atoms with Crippen molar-refractivity contribution in [1.82, 2.24) is 14.8 Å². The number of fused-ring (bicyclic) bond motifs is 3. The summed E-state index contributed by atoms with van der Waals surface area (Å²) in [7, 11) is 0. The highest BCUT2D eigenvalue weighted by Gasteiger charge is 2.20. The average molecular weight is 375 g/mol. The van der Waals surface area contributed by atoms with Gasteiger partial charge in [-0.1, -0.05) is 35.3 Å². The number of rotatable bonds is 2. The Bertz CT molecular complexity index is 1230. The number of para-hydroxylation sites is 2. The Morgan fingerprint density at radius 3 is 2.72 bits per heavy atom. The number of hydrogen-bond acceptors (Lipinski definition) is 4. The molecular weight excluding hydrogens is 367 g/mol. The van der Waals surface area contributed by atoms with Crippen LogP contribution in [0.3, 0.4) is 0 Å². The third kappa shape index (κ3) is 2.36. The molecule has 1 N–H and O–H groups in total. The van der Waals surface area contributed by atoms with E-state index in [0.29, 0.717) is 26.5 Å². The Labute approximate surface area is 149 Å². The Morgan fingerprint density at radius 2 is 1.96 bits per heavy atom. The highest BCUT2D eigenvalue weighted by molar-refractivity contribution is 6.40. The summed E-state index contributed by atoms with van der Waals surface area (Å²) in [6.45, 7) is 0. The molecular formula is C16H8Cl2N4O3. The van der Waals surface area contributed by atoms with Crippen molar-refractivity contribution in [3.05, 3.63) is 73.1 Å². The molecule has 25 heavy (non-hydrogen) atoms. The summed E-state index contributed by atoms with van der Waals surface area (Å²) in [6.07, 6.45) is 1.40. The predicted molar refractivity (Wildman–Crippen MR) is 95.9 cm³/mol. The van der Waals surface area contributed by atoms with Crippen LogP contribution in [-0.2, 0) is 0 Å². The lowest BCUT2D eigenvalue weighted by Gasteiger charge is -2.03. The van der Waals surface area contributed by atoms with E-state index in [2.05, 4.69) is 10.1 Å². The molecule has 0 unspecified atom stereocenters. The standard InChI is InChI=1S/C16H8Cl2N4O3/c17-8-5-10(18)14-11(6-8)19-7-9-15(14)20-21(16(9)23)12-3-1-2-4-13(12)22(24)25/h1-7,20H. The summed E-state index contributed by atoms with van der Waals surface area (Å²) in [5, 5.41) is 15.7. The molecule has 0 bridgehead atoms.